The van der Waals surface area contributed by atoms with Crippen LogP contribution in [-0.4, -0.2) is 30.3 Å². The average Bonchev–Trinajstić information content (AvgIpc) is 3.38. The molecule has 0 bridgehead atoms. The Labute approximate surface area is 175 Å². The predicted molar refractivity (Wildman–Crippen MR) is 108 cm³/mol. The molecule has 1 amide bonds. The first-order valence-electron chi connectivity index (χ1n) is 9.07. The number of aryl methyl sites for hydroxylation is 1. The SMILES string of the molecule is Cc1ncn(-c2cc(Oc3ccc(NC(=O)c4ccc([N+](=O)[O-])o4)cc3)ncn2)c1C. The number of rotatable bonds is 6. The van der Waals surface area contributed by atoms with Gasteiger partial charge in [0.2, 0.25) is 5.88 Å². The summed E-state index contributed by atoms with van der Waals surface area (Å²) in [5, 5.41) is 13.2. The van der Waals surface area contributed by atoms with Crippen LogP contribution in [0.1, 0.15) is 21.9 Å². The zero-order valence-corrected chi connectivity index (χ0v) is 16.5. The predicted octanol–water partition coefficient (Wildman–Crippen LogP) is 3.82. The molecule has 3 aromatic heterocycles. The summed E-state index contributed by atoms with van der Waals surface area (Å²) >= 11 is 0. The number of hydrogen-bond acceptors (Lipinski definition) is 8. The van der Waals surface area contributed by atoms with Crippen molar-refractivity contribution in [3.8, 4) is 17.4 Å². The molecule has 0 fully saturated rings. The fraction of sp³-hybridized carbons (Fsp3) is 0.100. The summed E-state index contributed by atoms with van der Waals surface area (Å²) in [7, 11) is 0. The second-order valence-corrected chi connectivity index (χ2v) is 6.48. The lowest BCUT2D eigenvalue weighted by molar-refractivity contribution is -0.402. The fourth-order valence-electron chi connectivity index (χ4n) is 2.71. The molecular weight excluding hydrogens is 404 g/mol. The number of nitrogens with one attached hydrogen (secondary N) is 1. The summed E-state index contributed by atoms with van der Waals surface area (Å²) in [5.41, 5.74) is 2.33. The van der Waals surface area contributed by atoms with Crippen molar-refractivity contribution in [2.75, 3.05) is 5.32 Å². The van der Waals surface area contributed by atoms with Crippen molar-refractivity contribution in [3.05, 3.63) is 82.4 Å². The van der Waals surface area contributed by atoms with Gasteiger partial charge in [-0.1, -0.05) is 0 Å². The first kappa shape index (κ1) is 19.8. The normalized spacial score (nSPS) is 10.6. The van der Waals surface area contributed by atoms with E-state index in [1.165, 1.54) is 12.4 Å². The molecule has 0 aliphatic carbocycles. The van der Waals surface area contributed by atoms with E-state index in [-0.39, 0.29) is 5.76 Å². The maximum Gasteiger partial charge on any atom is 0.433 e. The van der Waals surface area contributed by atoms with Crippen LogP contribution < -0.4 is 10.1 Å². The molecule has 0 spiro atoms. The largest absolute Gasteiger partial charge is 0.439 e. The van der Waals surface area contributed by atoms with Crippen LogP contribution in [0.3, 0.4) is 0 Å². The highest BCUT2D eigenvalue weighted by atomic mass is 16.6. The number of furan rings is 1. The van der Waals surface area contributed by atoms with Crippen molar-refractivity contribution in [3.63, 3.8) is 0 Å². The number of nitro groups is 1. The number of carbonyl (C=O) groups excluding carboxylic acids is 1. The molecule has 0 saturated carbocycles. The van der Waals surface area contributed by atoms with Crippen LogP contribution in [0.15, 0.2) is 59.5 Å². The number of carbonyl (C=O) groups is 1. The zero-order chi connectivity index (χ0) is 22.0. The molecule has 0 aliphatic heterocycles. The van der Waals surface area contributed by atoms with E-state index in [0.717, 1.165) is 17.5 Å². The third-order valence-electron chi connectivity index (χ3n) is 4.46. The van der Waals surface area contributed by atoms with E-state index in [9.17, 15) is 14.9 Å². The molecule has 4 aromatic rings. The topological polar surface area (TPSA) is 138 Å². The number of amides is 1. The van der Waals surface area contributed by atoms with Crippen LogP contribution in [0.4, 0.5) is 11.6 Å². The summed E-state index contributed by atoms with van der Waals surface area (Å²) in [6, 6.07) is 10.6. The van der Waals surface area contributed by atoms with E-state index < -0.39 is 16.7 Å². The molecule has 31 heavy (non-hydrogen) atoms. The molecular formula is C20H16N6O5. The molecule has 0 saturated heterocycles. The molecule has 4 rings (SSSR count). The van der Waals surface area contributed by atoms with E-state index in [1.807, 2.05) is 18.4 Å². The standard InChI is InChI=1S/C20H16N6O5/c1-12-13(2)25(11-23-12)17-9-18(22-10-21-17)30-15-5-3-14(4-6-15)24-20(27)16-7-8-19(31-16)26(28)29/h3-11H,1-2H3,(H,24,27). The minimum Gasteiger partial charge on any atom is -0.439 e. The minimum absolute atomic E-state index is 0.162. The molecule has 0 aliphatic rings. The Hall–Kier alpha value is -4.54. The number of hydrogen-bond donors (Lipinski definition) is 1. The average molecular weight is 420 g/mol. The van der Waals surface area contributed by atoms with Crippen molar-refractivity contribution in [1.82, 2.24) is 19.5 Å². The summed E-state index contributed by atoms with van der Waals surface area (Å²) in [6.07, 6.45) is 3.08. The number of anilines is 1. The van der Waals surface area contributed by atoms with Crippen LogP contribution in [0.2, 0.25) is 0 Å². The Morgan fingerprint density at radius 1 is 1.13 bits per heavy atom. The lowest BCUT2D eigenvalue weighted by Crippen LogP contribution is -2.10. The van der Waals surface area contributed by atoms with Gasteiger partial charge in [-0.15, -0.1) is 0 Å². The van der Waals surface area contributed by atoms with Crippen molar-refractivity contribution in [2.45, 2.75) is 13.8 Å². The lowest BCUT2D eigenvalue weighted by atomic mass is 10.3. The van der Waals surface area contributed by atoms with Crippen LogP contribution in [0.5, 0.6) is 11.6 Å². The van der Waals surface area contributed by atoms with E-state index in [1.54, 1.807) is 36.7 Å². The molecule has 11 nitrogen and oxygen atoms in total. The maximum absolute atomic E-state index is 12.1. The van der Waals surface area contributed by atoms with Gasteiger partial charge in [0.05, 0.1) is 11.8 Å². The van der Waals surface area contributed by atoms with Crippen molar-refractivity contribution in [1.29, 1.82) is 0 Å². The highest BCUT2D eigenvalue weighted by Crippen LogP contribution is 2.24. The molecule has 11 heteroatoms. The van der Waals surface area contributed by atoms with Crippen molar-refractivity contribution in [2.24, 2.45) is 0 Å². The van der Waals surface area contributed by atoms with E-state index in [2.05, 4.69) is 20.3 Å². The van der Waals surface area contributed by atoms with Gasteiger partial charge in [0.1, 0.15) is 29.1 Å². The number of imidazole rings is 1. The molecule has 0 atom stereocenters. The van der Waals surface area contributed by atoms with Crippen molar-refractivity contribution < 1.29 is 18.9 Å². The van der Waals surface area contributed by atoms with Gasteiger partial charge in [0.15, 0.2) is 5.76 Å². The number of aromatic nitrogens is 4. The molecule has 156 valence electrons. The van der Waals surface area contributed by atoms with Gasteiger partial charge in [0.25, 0.3) is 5.91 Å². The first-order valence-corrected chi connectivity index (χ1v) is 9.07. The second kappa shape index (κ2) is 8.06. The Morgan fingerprint density at radius 2 is 1.90 bits per heavy atom. The van der Waals surface area contributed by atoms with Crippen LogP contribution in [0, 0.1) is 24.0 Å². The van der Waals surface area contributed by atoms with E-state index in [4.69, 9.17) is 9.15 Å². The third kappa shape index (κ3) is 4.24. The number of ether oxygens (including phenoxy) is 1. The monoisotopic (exact) mass is 420 g/mol. The van der Waals surface area contributed by atoms with Gasteiger partial charge in [-0.3, -0.25) is 19.5 Å². The van der Waals surface area contributed by atoms with Crippen LogP contribution in [0.25, 0.3) is 5.82 Å². The Morgan fingerprint density at radius 3 is 2.55 bits per heavy atom. The molecule has 3 heterocycles. The summed E-state index contributed by atoms with van der Waals surface area (Å²) in [5.74, 6) is 0.197. The van der Waals surface area contributed by atoms with Crippen LogP contribution in [-0.2, 0) is 0 Å². The zero-order valence-electron chi connectivity index (χ0n) is 16.5. The molecule has 1 N–H and O–H groups in total. The highest BCUT2D eigenvalue weighted by molar-refractivity contribution is 6.02. The summed E-state index contributed by atoms with van der Waals surface area (Å²) < 4.78 is 12.5. The Bertz CT molecular complexity index is 1260. The fourth-order valence-corrected chi connectivity index (χ4v) is 2.71. The Kier molecular flexibility index (Phi) is 5.14. The molecule has 1 aromatic carbocycles. The van der Waals surface area contributed by atoms with Crippen molar-refractivity contribution >= 4 is 17.5 Å². The highest BCUT2D eigenvalue weighted by Gasteiger charge is 2.17. The van der Waals surface area contributed by atoms with Gasteiger partial charge < -0.3 is 14.5 Å². The van der Waals surface area contributed by atoms with Gasteiger partial charge in [-0.2, -0.15) is 0 Å². The van der Waals surface area contributed by atoms with E-state index in [0.29, 0.717) is 23.1 Å². The molecule has 0 unspecified atom stereocenters. The first-order chi connectivity index (χ1) is 14.9. The van der Waals surface area contributed by atoms with Crippen LogP contribution >= 0.6 is 0 Å². The molecule has 0 radical (unpaired) electrons. The van der Waals surface area contributed by atoms with E-state index >= 15 is 0 Å². The minimum atomic E-state index is -0.712. The maximum atomic E-state index is 12.1. The Balaban J connectivity index is 1.44. The second-order valence-electron chi connectivity index (χ2n) is 6.48. The lowest BCUT2D eigenvalue weighted by Gasteiger charge is -2.09. The van der Waals surface area contributed by atoms with Gasteiger partial charge in [-0.25, -0.2) is 15.0 Å². The van der Waals surface area contributed by atoms with Gasteiger partial charge in [-0.05, 0) is 44.2 Å². The summed E-state index contributed by atoms with van der Waals surface area (Å²) in [4.78, 5) is 34.7. The third-order valence-corrected chi connectivity index (χ3v) is 4.46. The summed E-state index contributed by atoms with van der Waals surface area (Å²) in [6.45, 7) is 3.86. The number of nitrogens with zero attached hydrogens (tertiary/aromatic N) is 5. The van der Waals surface area contributed by atoms with Gasteiger partial charge in [0, 0.05) is 17.4 Å². The quantitative estimate of drug-likeness (QED) is 0.367. The number of benzene rings is 1. The smallest absolute Gasteiger partial charge is 0.433 e. The van der Waals surface area contributed by atoms with Gasteiger partial charge >= 0.3 is 5.88 Å².